The molecule has 0 amide bonds. The molecule has 0 aliphatic heterocycles. The molecule has 7 heteroatoms. The smallest absolute Gasteiger partial charge is 0.144 e. The molecule has 25 heavy (non-hydrogen) atoms. The number of hydrogen-bond donors (Lipinski definition) is 1. The molecule has 0 saturated heterocycles. The van der Waals surface area contributed by atoms with Crippen LogP contribution < -0.4 is 10.5 Å². The van der Waals surface area contributed by atoms with Gasteiger partial charge in [0.15, 0.2) is 0 Å². The number of nitrogens with zero attached hydrogens (tertiary/aromatic N) is 2. The normalized spacial score (nSPS) is 12.4. The van der Waals surface area contributed by atoms with Gasteiger partial charge in [-0.05, 0) is 25.1 Å². The number of aromatic nitrogens is 2. The summed E-state index contributed by atoms with van der Waals surface area (Å²) in [6, 6.07) is 7.87. The molecule has 4 nitrogen and oxygen atoms in total. The monoisotopic (exact) mass is 363 g/mol. The minimum Gasteiger partial charge on any atom is -0.494 e. The molecule has 1 atom stereocenters. The first-order valence-electron chi connectivity index (χ1n) is 7.74. The highest BCUT2D eigenvalue weighted by molar-refractivity contribution is 6.16. The van der Waals surface area contributed by atoms with Gasteiger partial charge in [-0.2, -0.15) is 0 Å². The Hall–Kier alpha value is -2.31. The second-order valence-corrected chi connectivity index (χ2v) is 5.65. The van der Waals surface area contributed by atoms with E-state index in [9.17, 15) is 8.78 Å². The Balaban J connectivity index is 2.15. The molecule has 3 rings (SSSR count). The van der Waals surface area contributed by atoms with E-state index in [1.807, 2.05) is 0 Å². The average molecular weight is 364 g/mol. The molecular weight excluding hydrogens is 348 g/mol. The van der Waals surface area contributed by atoms with Crippen molar-refractivity contribution in [2.45, 2.75) is 18.8 Å². The van der Waals surface area contributed by atoms with E-state index in [4.69, 9.17) is 22.1 Å². The molecule has 2 N–H and O–H groups in total. The van der Waals surface area contributed by atoms with E-state index in [1.54, 1.807) is 19.1 Å². The van der Waals surface area contributed by atoms with Crippen molar-refractivity contribution in [3.63, 3.8) is 0 Å². The molecule has 0 bridgehead atoms. The fraction of sp³-hybridized carbons (Fsp3) is 0.222. The van der Waals surface area contributed by atoms with Gasteiger partial charge in [-0.3, -0.25) is 0 Å². The summed E-state index contributed by atoms with van der Waals surface area (Å²) < 4.78 is 34.1. The zero-order valence-electron chi connectivity index (χ0n) is 13.5. The lowest BCUT2D eigenvalue weighted by atomic mass is 9.99. The molecule has 1 aromatic heterocycles. The van der Waals surface area contributed by atoms with Crippen LogP contribution in [0.15, 0.2) is 36.4 Å². The summed E-state index contributed by atoms with van der Waals surface area (Å²) in [4.78, 5) is 8.45. The minimum absolute atomic E-state index is 0.0396. The number of nitrogens with two attached hydrogens (primary N) is 1. The summed E-state index contributed by atoms with van der Waals surface area (Å²) in [5.41, 5.74) is 6.98. The number of rotatable bonds is 5. The molecular formula is C18H16ClF2N3O. The Morgan fingerprint density at radius 3 is 2.64 bits per heavy atom. The molecule has 0 saturated carbocycles. The van der Waals surface area contributed by atoms with E-state index >= 15 is 0 Å². The van der Waals surface area contributed by atoms with E-state index in [-0.39, 0.29) is 22.5 Å². The fourth-order valence-corrected chi connectivity index (χ4v) is 2.79. The molecule has 130 valence electrons. The van der Waals surface area contributed by atoms with Gasteiger partial charge in [0.05, 0.1) is 35.1 Å². The first-order chi connectivity index (χ1) is 12.0. The lowest BCUT2D eigenvalue weighted by Crippen LogP contribution is -2.17. The van der Waals surface area contributed by atoms with Crippen molar-refractivity contribution >= 4 is 22.5 Å². The second kappa shape index (κ2) is 7.29. The molecule has 0 radical (unpaired) electrons. The average Bonchev–Trinajstić information content (AvgIpc) is 2.61. The zero-order chi connectivity index (χ0) is 18.0. The maximum absolute atomic E-state index is 14.5. The number of ether oxygens (including phenoxy) is 1. The Morgan fingerprint density at radius 2 is 1.96 bits per heavy atom. The predicted molar refractivity (Wildman–Crippen MR) is 92.7 cm³/mol. The highest BCUT2D eigenvalue weighted by atomic mass is 35.5. The van der Waals surface area contributed by atoms with E-state index in [2.05, 4.69) is 9.97 Å². The molecule has 0 aliphatic rings. The van der Waals surface area contributed by atoms with Gasteiger partial charge >= 0.3 is 0 Å². The van der Waals surface area contributed by atoms with Crippen LogP contribution in [-0.2, 0) is 5.88 Å². The fourth-order valence-electron chi connectivity index (χ4n) is 2.67. The van der Waals surface area contributed by atoms with Crippen molar-refractivity contribution in [2.75, 3.05) is 6.61 Å². The number of hydrogen-bond acceptors (Lipinski definition) is 4. The maximum Gasteiger partial charge on any atom is 0.144 e. The van der Waals surface area contributed by atoms with Gasteiger partial charge in [-0.1, -0.05) is 12.1 Å². The van der Waals surface area contributed by atoms with Crippen molar-refractivity contribution in [1.82, 2.24) is 9.97 Å². The van der Waals surface area contributed by atoms with Crippen molar-refractivity contribution in [1.29, 1.82) is 0 Å². The first kappa shape index (κ1) is 17.5. The van der Waals surface area contributed by atoms with Crippen molar-refractivity contribution in [3.05, 3.63) is 65.1 Å². The van der Waals surface area contributed by atoms with E-state index < -0.39 is 17.7 Å². The van der Waals surface area contributed by atoms with E-state index in [1.165, 1.54) is 24.3 Å². The van der Waals surface area contributed by atoms with E-state index in [0.717, 1.165) is 0 Å². The Morgan fingerprint density at radius 1 is 1.16 bits per heavy atom. The number of halogens is 3. The minimum atomic E-state index is -0.972. The summed E-state index contributed by atoms with van der Waals surface area (Å²) in [6.45, 7) is 2.23. The van der Waals surface area contributed by atoms with Crippen LogP contribution in [0.25, 0.3) is 10.9 Å². The zero-order valence-corrected chi connectivity index (χ0v) is 14.2. The van der Waals surface area contributed by atoms with Crippen LogP contribution in [0.3, 0.4) is 0 Å². The number of fused-ring (bicyclic) bond motifs is 1. The quantitative estimate of drug-likeness (QED) is 0.693. The Labute approximate surface area is 148 Å². The molecule has 1 heterocycles. The number of benzene rings is 2. The van der Waals surface area contributed by atoms with Gasteiger partial charge in [-0.25, -0.2) is 18.7 Å². The van der Waals surface area contributed by atoms with Crippen molar-refractivity contribution < 1.29 is 13.5 Å². The van der Waals surface area contributed by atoms with Crippen LogP contribution in [0.2, 0.25) is 0 Å². The summed E-state index contributed by atoms with van der Waals surface area (Å²) in [7, 11) is 0. The van der Waals surface area contributed by atoms with Crippen LogP contribution >= 0.6 is 11.6 Å². The van der Waals surface area contributed by atoms with Gasteiger partial charge in [0, 0.05) is 11.6 Å². The van der Waals surface area contributed by atoms with Crippen molar-refractivity contribution in [3.8, 4) is 5.75 Å². The predicted octanol–water partition coefficient (Wildman–Crippen LogP) is 4.09. The Kier molecular flexibility index (Phi) is 5.11. The maximum atomic E-state index is 14.5. The van der Waals surface area contributed by atoms with Gasteiger partial charge in [-0.15, -0.1) is 11.6 Å². The summed E-state index contributed by atoms with van der Waals surface area (Å²) in [5.74, 6) is -0.324. The Bertz CT molecular complexity index is 920. The van der Waals surface area contributed by atoms with Crippen LogP contribution in [0.5, 0.6) is 5.75 Å². The third-order valence-electron chi connectivity index (χ3n) is 3.78. The van der Waals surface area contributed by atoms with Crippen molar-refractivity contribution in [2.24, 2.45) is 5.73 Å². The third-order valence-corrected chi connectivity index (χ3v) is 4.02. The lowest BCUT2D eigenvalue weighted by Gasteiger charge is -2.16. The molecule has 1 unspecified atom stereocenters. The van der Waals surface area contributed by atoms with Gasteiger partial charge in [0.2, 0.25) is 0 Å². The van der Waals surface area contributed by atoms with Gasteiger partial charge < -0.3 is 10.5 Å². The van der Waals surface area contributed by atoms with Crippen LogP contribution in [0.4, 0.5) is 8.78 Å². The largest absolute Gasteiger partial charge is 0.494 e. The number of alkyl halides is 1. The standard InChI is InChI=1S/C18H16ClF2N3O/c1-2-25-10-6-7-11(13(21)8-10)17(22)18-16-12(20)4-3-5-14(16)23-15(9-19)24-18/h3-8,17H,2,9,22H2,1H3. The SMILES string of the molecule is CCOc1ccc(C(N)c2nc(CCl)nc3cccc(F)c23)c(F)c1. The molecule has 0 aliphatic carbocycles. The molecule has 0 spiro atoms. The summed E-state index contributed by atoms with van der Waals surface area (Å²) >= 11 is 5.83. The first-order valence-corrected chi connectivity index (χ1v) is 8.27. The van der Waals surface area contributed by atoms with Crippen LogP contribution in [0, 0.1) is 11.6 Å². The third kappa shape index (κ3) is 3.41. The topological polar surface area (TPSA) is 61.0 Å². The van der Waals surface area contributed by atoms with Crippen LogP contribution in [-0.4, -0.2) is 16.6 Å². The second-order valence-electron chi connectivity index (χ2n) is 5.39. The summed E-state index contributed by atoms with van der Waals surface area (Å²) in [6.07, 6.45) is 0. The van der Waals surface area contributed by atoms with Gasteiger partial charge in [0.25, 0.3) is 0 Å². The molecule has 0 fully saturated rings. The van der Waals surface area contributed by atoms with E-state index in [0.29, 0.717) is 23.7 Å². The lowest BCUT2D eigenvalue weighted by molar-refractivity contribution is 0.338. The van der Waals surface area contributed by atoms with Crippen LogP contribution in [0.1, 0.15) is 30.0 Å². The molecule has 2 aromatic carbocycles. The summed E-state index contributed by atoms with van der Waals surface area (Å²) in [5, 5.41) is 0.164. The van der Waals surface area contributed by atoms with Gasteiger partial charge in [0.1, 0.15) is 23.2 Å². The highest BCUT2D eigenvalue weighted by Crippen LogP contribution is 2.30. The highest BCUT2D eigenvalue weighted by Gasteiger charge is 2.21. The molecule has 3 aromatic rings.